The number of aryl methyl sites for hydroxylation is 1. The van der Waals surface area contributed by atoms with Crippen molar-refractivity contribution in [1.29, 1.82) is 0 Å². The third-order valence-corrected chi connectivity index (χ3v) is 5.91. The van der Waals surface area contributed by atoms with Crippen LogP contribution in [0.3, 0.4) is 0 Å². The highest BCUT2D eigenvalue weighted by atomic mass is 16.7. The van der Waals surface area contributed by atoms with Gasteiger partial charge in [-0.15, -0.1) is 0 Å². The maximum atomic E-state index is 12.8. The highest BCUT2D eigenvalue weighted by Gasteiger charge is 2.28. The van der Waals surface area contributed by atoms with E-state index in [1.165, 1.54) is 0 Å². The normalized spacial score (nSPS) is 20.5. The van der Waals surface area contributed by atoms with Gasteiger partial charge < -0.3 is 29.5 Å². The third-order valence-electron chi connectivity index (χ3n) is 5.91. The first-order valence-corrected chi connectivity index (χ1v) is 11.0. The van der Waals surface area contributed by atoms with Crippen molar-refractivity contribution in [2.45, 2.75) is 45.2 Å². The molecule has 1 fully saturated rings. The second kappa shape index (κ2) is 9.93. The Hall–Kier alpha value is -3.56. The summed E-state index contributed by atoms with van der Waals surface area (Å²) < 4.78 is 15.6. The molecule has 176 valence electrons. The van der Waals surface area contributed by atoms with Gasteiger partial charge in [0.2, 0.25) is 18.6 Å². The van der Waals surface area contributed by atoms with Gasteiger partial charge in [0, 0.05) is 43.6 Å². The summed E-state index contributed by atoms with van der Waals surface area (Å²) in [5, 5.41) is 9.73. The minimum absolute atomic E-state index is 0.128. The fourth-order valence-corrected chi connectivity index (χ4v) is 4.07. The molecule has 3 heterocycles. The largest absolute Gasteiger partial charge is 0.454 e. The van der Waals surface area contributed by atoms with Crippen LogP contribution in [0.1, 0.15) is 47.5 Å². The summed E-state index contributed by atoms with van der Waals surface area (Å²) in [5.41, 5.74) is 1.10. The lowest BCUT2D eigenvalue weighted by Gasteiger charge is -2.24. The standard InChI is InChI=1S/C23H28N4O6/c1-14-8-18(26-33-14)11-24-22(29)15-4-3-5-17(12-27(2)21(28)10-15)25-23(30)16-6-7-19-20(9-16)32-13-31-19/h6-9,15,17H,3-5,10-13H2,1-2H3,(H,24,29)(H,25,30)/t15-,17-/m1/s1. The number of ether oxygens (including phenoxy) is 2. The number of benzene rings is 1. The van der Waals surface area contributed by atoms with E-state index in [1.807, 2.05) is 0 Å². The monoisotopic (exact) mass is 456 g/mol. The van der Waals surface area contributed by atoms with Gasteiger partial charge in [0.05, 0.1) is 6.54 Å². The number of rotatable bonds is 5. The molecule has 2 aliphatic rings. The fourth-order valence-electron chi connectivity index (χ4n) is 4.07. The zero-order valence-corrected chi connectivity index (χ0v) is 18.8. The van der Waals surface area contributed by atoms with E-state index in [9.17, 15) is 14.4 Å². The number of likely N-dealkylation sites (N-methyl/N-ethyl adjacent to an activating group) is 1. The van der Waals surface area contributed by atoms with Crippen LogP contribution in [0.4, 0.5) is 0 Å². The van der Waals surface area contributed by atoms with Crippen molar-refractivity contribution in [3.05, 3.63) is 41.3 Å². The number of fused-ring (bicyclic) bond motifs is 1. The van der Waals surface area contributed by atoms with E-state index in [4.69, 9.17) is 14.0 Å². The van der Waals surface area contributed by atoms with Crippen LogP contribution >= 0.6 is 0 Å². The molecule has 2 aliphatic heterocycles. The molecule has 1 aromatic carbocycles. The molecule has 2 N–H and O–H groups in total. The molecule has 0 unspecified atom stereocenters. The van der Waals surface area contributed by atoms with Gasteiger partial charge in [-0.05, 0) is 38.0 Å². The maximum absolute atomic E-state index is 12.8. The first kappa shape index (κ1) is 22.6. The molecule has 0 bridgehead atoms. The number of nitrogens with zero attached hydrogens (tertiary/aromatic N) is 2. The van der Waals surface area contributed by atoms with Gasteiger partial charge in [-0.3, -0.25) is 14.4 Å². The van der Waals surface area contributed by atoms with Crippen LogP contribution in [-0.2, 0) is 16.1 Å². The molecule has 33 heavy (non-hydrogen) atoms. The molecule has 4 rings (SSSR count). The molecule has 1 aromatic heterocycles. The topological polar surface area (TPSA) is 123 Å². The molecule has 3 amide bonds. The Balaban J connectivity index is 1.35. The van der Waals surface area contributed by atoms with E-state index in [-0.39, 0.29) is 43.5 Å². The molecule has 0 spiro atoms. The Morgan fingerprint density at radius 1 is 1.18 bits per heavy atom. The first-order valence-electron chi connectivity index (χ1n) is 11.0. The van der Waals surface area contributed by atoms with Gasteiger partial charge in [0.1, 0.15) is 11.5 Å². The molecule has 2 aromatic rings. The van der Waals surface area contributed by atoms with Gasteiger partial charge in [0.25, 0.3) is 5.91 Å². The summed E-state index contributed by atoms with van der Waals surface area (Å²) in [6.45, 7) is 2.56. The van der Waals surface area contributed by atoms with Crippen LogP contribution in [0.15, 0.2) is 28.8 Å². The van der Waals surface area contributed by atoms with Crippen LogP contribution in [0, 0.1) is 12.8 Å². The van der Waals surface area contributed by atoms with E-state index in [0.29, 0.717) is 54.3 Å². The lowest BCUT2D eigenvalue weighted by molar-refractivity contribution is -0.135. The molecular weight excluding hydrogens is 428 g/mol. The molecular formula is C23H28N4O6. The van der Waals surface area contributed by atoms with Crippen molar-refractivity contribution in [3.63, 3.8) is 0 Å². The van der Waals surface area contributed by atoms with Crippen molar-refractivity contribution in [1.82, 2.24) is 20.7 Å². The Labute approximate surface area is 191 Å². The average molecular weight is 456 g/mol. The Morgan fingerprint density at radius 3 is 2.79 bits per heavy atom. The van der Waals surface area contributed by atoms with Crippen LogP contribution in [0.25, 0.3) is 0 Å². The Kier molecular flexibility index (Phi) is 6.81. The quantitative estimate of drug-likeness (QED) is 0.703. The first-order chi connectivity index (χ1) is 15.9. The lowest BCUT2D eigenvalue weighted by Crippen LogP contribution is -2.44. The zero-order chi connectivity index (χ0) is 23.4. The zero-order valence-electron chi connectivity index (χ0n) is 18.8. The molecule has 10 heteroatoms. The summed E-state index contributed by atoms with van der Waals surface area (Å²) in [7, 11) is 1.69. The maximum Gasteiger partial charge on any atom is 0.251 e. The van der Waals surface area contributed by atoms with Crippen molar-refractivity contribution < 1.29 is 28.4 Å². The van der Waals surface area contributed by atoms with Gasteiger partial charge >= 0.3 is 0 Å². The molecule has 2 atom stereocenters. The summed E-state index contributed by atoms with van der Waals surface area (Å²) in [6, 6.07) is 6.58. The minimum Gasteiger partial charge on any atom is -0.454 e. The number of hydrogen-bond donors (Lipinski definition) is 2. The summed E-state index contributed by atoms with van der Waals surface area (Å²) in [5.74, 6) is 0.845. The van der Waals surface area contributed by atoms with E-state index >= 15 is 0 Å². The van der Waals surface area contributed by atoms with Crippen molar-refractivity contribution >= 4 is 17.7 Å². The van der Waals surface area contributed by atoms with Crippen LogP contribution in [-0.4, -0.2) is 54.2 Å². The number of nitrogens with one attached hydrogen (secondary N) is 2. The second-order valence-electron chi connectivity index (χ2n) is 8.49. The lowest BCUT2D eigenvalue weighted by atomic mass is 9.96. The smallest absolute Gasteiger partial charge is 0.251 e. The third kappa shape index (κ3) is 5.63. The predicted octanol–water partition coefficient (Wildman–Crippen LogP) is 1.78. The molecule has 0 aliphatic carbocycles. The van der Waals surface area contributed by atoms with Crippen molar-refractivity contribution in [2.75, 3.05) is 20.4 Å². The van der Waals surface area contributed by atoms with Crippen LogP contribution < -0.4 is 20.1 Å². The van der Waals surface area contributed by atoms with Crippen molar-refractivity contribution in [3.8, 4) is 11.5 Å². The summed E-state index contributed by atoms with van der Waals surface area (Å²) in [6.07, 6.45) is 2.04. The average Bonchev–Trinajstić information content (AvgIpc) is 3.44. The number of amides is 3. The van der Waals surface area contributed by atoms with E-state index in [0.717, 1.165) is 0 Å². The summed E-state index contributed by atoms with van der Waals surface area (Å²) >= 11 is 0. The number of hydrogen-bond acceptors (Lipinski definition) is 7. The molecule has 0 radical (unpaired) electrons. The van der Waals surface area contributed by atoms with Crippen LogP contribution in [0.2, 0.25) is 0 Å². The molecule has 0 saturated carbocycles. The highest BCUT2D eigenvalue weighted by Crippen LogP contribution is 2.32. The number of aromatic nitrogens is 1. The molecule has 1 saturated heterocycles. The second-order valence-corrected chi connectivity index (χ2v) is 8.49. The van der Waals surface area contributed by atoms with Gasteiger partial charge in [-0.1, -0.05) is 11.6 Å². The van der Waals surface area contributed by atoms with Crippen molar-refractivity contribution in [2.24, 2.45) is 5.92 Å². The van der Waals surface area contributed by atoms with E-state index in [1.54, 1.807) is 43.1 Å². The highest BCUT2D eigenvalue weighted by molar-refractivity contribution is 5.95. The number of carbonyl (C=O) groups excluding carboxylic acids is 3. The summed E-state index contributed by atoms with van der Waals surface area (Å²) in [4.78, 5) is 39.8. The Morgan fingerprint density at radius 2 is 2.00 bits per heavy atom. The minimum atomic E-state index is -0.434. The molecule has 10 nitrogen and oxygen atoms in total. The predicted molar refractivity (Wildman–Crippen MR) is 117 cm³/mol. The number of carbonyl (C=O) groups is 3. The fraction of sp³-hybridized carbons (Fsp3) is 0.478. The van der Waals surface area contributed by atoms with Gasteiger partial charge in [-0.25, -0.2) is 0 Å². The SMILES string of the molecule is Cc1cc(CNC(=O)[C@@H]2CCC[C@@H](NC(=O)c3ccc4c(c3)OCO4)CN(C)C(=O)C2)no1. The van der Waals surface area contributed by atoms with Gasteiger partial charge in [0.15, 0.2) is 11.5 Å². The van der Waals surface area contributed by atoms with E-state index < -0.39 is 5.92 Å². The van der Waals surface area contributed by atoms with E-state index in [2.05, 4.69) is 15.8 Å². The van der Waals surface area contributed by atoms with Gasteiger partial charge in [-0.2, -0.15) is 0 Å². The van der Waals surface area contributed by atoms with Crippen LogP contribution in [0.5, 0.6) is 11.5 Å². The Bertz CT molecular complexity index is 1040.